The largest absolute Gasteiger partial charge is 0.339 e. The monoisotopic (exact) mass is 379 g/mol. The second-order valence-corrected chi connectivity index (χ2v) is 7.93. The van der Waals surface area contributed by atoms with E-state index in [-0.39, 0.29) is 11.7 Å². The van der Waals surface area contributed by atoms with Crippen molar-refractivity contribution in [3.63, 3.8) is 0 Å². The standard InChI is InChI=1S/C21H18FN3OS/c22-16-7-4-14(5-8-16)17-13-25-18-9-6-15(12-19(18)27-21(25)23-17)20(26)24-10-2-1-3-11-24/h4-9,12-13H,1-3,10-11H2. The van der Waals surface area contributed by atoms with E-state index in [0.717, 1.165) is 57.9 Å². The number of benzene rings is 2. The summed E-state index contributed by atoms with van der Waals surface area (Å²) in [4.78, 5) is 20.2. The molecule has 2 aromatic carbocycles. The Morgan fingerprint density at radius 1 is 1.04 bits per heavy atom. The number of hydrogen-bond acceptors (Lipinski definition) is 3. The van der Waals surface area contributed by atoms with Gasteiger partial charge in [0.05, 0.1) is 15.9 Å². The van der Waals surface area contributed by atoms with Crippen LogP contribution in [0.25, 0.3) is 26.4 Å². The van der Waals surface area contributed by atoms with Crippen molar-refractivity contribution in [2.45, 2.75) is 19.3 Å². The van der Waals surface area contributed by atoms with Gasteiger partial charge in [0, 0.05) is 30.4 Å². The summed E-state index contributed by atoms with van der Waals surface area (Å²) in [6.07, 6.45) is 5.36. The van der Waals surface area contributed by atoms with Crippen LogP contribution in [0.5, 0.6) is 0 Å². The van der Waals surface area contributed by atoms with Gasteiger partial charge < -0.3 is 4.90 Å². The van der Waals surface area contributed by atoms with Gasteiger partial charge in [-0.1, -0.05) is 11.3 Å². The molecule has 5 rings (SSSR count). The maximum absolute atomic E-state index is 13.1. The highest BCUT2D eigenvalue weighted by atomic mass is 32.1. The maximum Gasteiger partial charge on any atom is 0.253 e. The van der Waals surface area contributed by atoms with E-state index in [1.807, 2.05) is 33.7 Å². The molecule has 0 bridgehead atoms. The van der Waals surface area contributed by atoms with Gasteiger partial charge in [-0.2, -0.15) is 0 Å². The quantitative estimate of drug-likeness (QED) is 0.492. The van der Waals surface area contributed by atoms with Crippen LogP contribution >= 0.6 is 11.3 Å². The summed E-state index contributed by atoms with van der Waals surface area (Å²) in [5, 5.41) is 0. The summed E-state index contributed by atoms with van der Waals surface area (Å²) in [7, 11) is 0. The summed E-state index contributed by atoms with van der Waals surface area (Å²) < 4.78 is 16.2. The van der Waals surface area contributed by atoms with Crippen molar-refractivity contribution >= 4 is 32.4 Å². The summed E-state index contributed by atoms with van der Waals surface area (Å²) in [5.41, 5.74) is 3.48. The first kappa shape index (κ1) is 16.4. The van der Waals surface area contributed by atoms with Gasteiger partial charge in [-0.15, -0.1) is 0 Å². The fraction of sp³-hybridized carbons (Fsp3) is 0.238. The number of hydrogen-bond donors (Lipinski definition) is 0. The molecular weight excluding hydrogens is 361 g/mol. The topological polar surface area (TPSA) is 37.6 Å². The molecule has 1 saturated heterocycles. The Morgan fingerprint density at radius 3 is 2.59 bits per heavy atom. The predicted octanol–water partition coefficient (Wildman–Crippen LogP) is 4.98. The van der Waals surface area contributed by atoms with Crippen molar-refractivity contribution in [1.29, 1.82) is 0 Å². The number of fused-ring (bicyclic) bond motifs is 3. The number of rotatable bonds is 2. The Labute approximate surface area is 159 Å². The van der Waals surface area contributed by atoms with E-state index in [1.54, 1.807) is 23.5 Å². The molecule has 6 heteroatoms. The van der Waals surface area contributed by atoms with Gasteiger partial charge in [-0.25, -0.2) is 9.37 Å². The van der Waals surface area contributed by atoms with Crippen LogP contribution in [0.2, 0.25) is 0 Å². The molecule has 0 saturated carbocycles. The van der Waals surface area contributed by atoms with Crippen molar-refractivity contribution in [1.82, 2.24) is 14.3 Å². The molecule has 3 heterocycles. The molecular formula is C21H18FN3OS. The molecule has 0 N–H and O–H groups in total. The maximum atomic E-state index is 13.1. The van der Waals surface area contributed by atoms with E-state index >= 15 is 0 Å². The zero-order valence-electron chi connectivity index (χ0n) is 14.7. The minimum Gasteiger partial charge on any atom is -0.339 e. The molecule has 0 radical (unpaired) electrons. The molecule has 2 aromatic heterocycles. The third-order valence-corrected chi connectivity index (χ3v) is 6.14. The van der Waals surface area contributed by atoms with Crippen LogP contribution in [0.1, 0.15) is 29.6 Å². The lowest BCUT2D eigenvalue weighted by atomic mass is 10.1. The van der Waals surface area contributed by atoms with Crippen LogP contribution in [0.3, 0.4) is 0 Å². The van der Waals surface area contributed by atoms with Gasteiger partial charge in [0.25, 0.3) is 5.91 Å². The first-order valence-corrected chi connectivity index (χ1v) is 9.97. The minimum absolute atomic E-state index is 0.120. The third-order valence-electron chi connectivity index (χ3n) is 5.12. The Kier molecular flexibility index (Phi) is 3.93. The Hall–Kier alpha value is -2.73. The normalized spacial score (nSPS) is 14.9. The molecule has 1 fully saturated rings. The van der Waals surface area contributed by atoms with Gasteiger partial charge in [0.15, 0.2) is 4.96 Å². The lowest BCUT2D eigenvalue weighted by Crippen LogP contribution is -2.35. The number of amides is 1. The number of imidazole rings is 1. The van der Waals surface area contributed by atoms with E-state index in [9.17, 15) is 9.18 Å². The molecule has 1 aliphatic heterocycles. The number of thiazole rings is 1. The van der Waals surface area contributed by atoms with Gasteiger partial charge in [-0.05, 0) is 61.7 Å². The Morgan fingerprint density at radius 2 is 1.81 bits per heavy atom. The minimum atomic E-state index is -0.254. The van der Waals surface area contributed by atoms with Gasteiger partial charge in [-0.3, -0.25) is 9.20 Å². The van der Waals surface area contributed by atoms with E-state index in [0.29, 0.717) is 0 Å². The SMILES string of the molecule is O=C(c1ccc2c(c1)sc1nc(-c3ccc(F)cc3)cn12)N1CCCCC1. The first-order chi connectivity index (χ1) is 13.2. The number of halogens is 1. The van der Waals surface area contributed by atoms with Crippen LogP contribution in [-0.4, -0.2) is 33.3 Å². The number of aromatic nitrogens is 2. The molecule has 27 heavy (non-hydrogen) atoms. The molecule has 4 aromatic rings. The highest BCUT2D eigenvalue weighted by Gasteiger charge is 2.19. The highest BCUT2D eigenvalue weighted by Crippen LogP contribution is 2.30. The van der Waals surface area contributed by atoms with Crippen molar-refractivity contribution in [3.8, 4) is 11.3 Å². The first-order valence-electron chi connectivity index (χ1n) is 9.16. The van der Waals surface area contributed by atoms with Crippen LogP contribution in [0.4, 0.5) is 4.39 Å². The fourth-order valence-corrected chi connectivity index (χ4v) is 4.72. The van der Waals surface area contributed by atoms with Crippen molar-refractivity contribution in [2.75, 3.05) is 13.1 Å². The third kappa shape index (κ3) is 2.90. The molecule has 136 valence electrons. The zero-order chi connectivity index (χ0) is 18.4. The predicted molar refractivity (Wildman–Crippen MR) is 106 cm³/mol. The number of carbonyl (C=O) groups excluding carboxylic acids is 1. The smallest absolute Gasteiger partial charge is 0.253 e. The van der Waals surface area contributed by atoms with Crippen LogP contribution in [-0.2, 0) is 0 Å². The summed E-state index contributed by atoms with van der Waals surface area (Å²) in [5.74, 6) is -0.134. The molecule has 1 amide bonds. The second-order valence-electron chi connectivity index (χ2n) is 6.92. The van der Waals surface area contributed by atoms with E-state index in [1.165, 1.54) is 18.6 Å². The number of nitrogens with zero attached hydrogens (tertiary/aromatic N) is 3. The summed E-state index contributed by atoms with van der Waals surface area (Å²) in [6, 6.07) is 12.2. The number of piperidine rings is 1. The van der Waals surface area contributed by atoms with Gasteiger partial charge in [0.1, 0.15) is 5.82 Å². The average Bonchev–Trinajstić information content (AvgIpc) is 3.26. The second kappa shape index (κ2) is 6.46. The van der Waals surface area contributed by atoms with Crippen LogP contribution < -0.4 is 0 Å². The molecule has 0 aliphatic carbocycles. The molecule has 4 nitrogen and oxygen atoms in total. The molecule has 0 spiro atoms. The summed E-state index contributed by atoms with van der Waals surface area (Å²) in [6.45, 7) is 1.71. The van der Waals surface area contributed by atoms with Gasteiger partial charge in [0.2, 0.25) is 0 Å². The van der Waals surface area contributed by atoms with E-state index < -0.39 is 0 Å². The number of carbonyl (C=O) groups is 1. The highest BCUT2D eigenvalue weighted by molar-refractivity contribution is 7.23. The Bertz CT molecular complexity index is 1140. The Balaban J connectivity index is 1.51. The van der Waals surface area contributed by atoms with E-state index in [2.05, 4.69) is 4.98 Å². The zero-order valence-corrected chi connectivity index (χ0v) is 15.5. The molecule has 0 unspecified atom stereocenters. The fourth-order valence-electron chi connectivity index (χ4n) is 3.67. The lowest BCUT2D eigenvalue weighted by molar-refractivity contribution is 0.0724. The van der Waals surface area contributed by atoms with Crippen LogP contribution in [0.15, 0.2) is 48.7 Å². The lowest BCUT2D eigenvalue weighted by Gasteiger charge is -2.26. The van der Waals surface area contributed by atoms with Crippen molar-refractivity contribution in [2.24, 2.45) is 0 Å². The molecule has 1 aliphatic rings. The summed E-state index contributed by atoms with van der Waals surface area (Å²) >= 11 is 1.57. The molecule has 0 atom stereocenters. The average molecular weight is 379 g/mol. The van der Waals surface area contributed by atoms with Crippen LogP contribution in [0, 0.1) is 5.82 Å². The number of likely N-dealkylation sites (tertiary alicyclic amines) is 1. The van der Waals surface area contributed by atoms with Gasteiger partial charge >= 0.3 is 0 Å². The van der Waals surface area contributed by atoms with E-state index in [4.69, 9.17) is 0 Å². The van der Waals surface area contributed by atoms with Crippen molar-refractivity contribution in [3.05, 3.63) is 60.0 Å². The van der Waals surface area contributed by atoms with Crippen molar-refractivity contribution < 1.29 is 9.18 Å².